The summed E-state index contributed by atoms with van der Waals surface area (Å²) in [6.45, 7) is 4.17. The Morgan fingerprint density at radius 2 is 2.00 bits per heavy atom. The van der Waals surface area contributed by atoms with E-state index < -0.39 is 0 Å². The Hall–Kier alpha value is -1.88. The number of hydrogen-bond acceptors (Lipinski definition) is 3. The molecule has 3 rings (SSSR count). The van der Waals surface area contributed by atoms with Gasteiger partial charge in [0.2, 0.25) is 0 Å². The van der Waals surface area contributed by atoms with Gasteiger partial charge in [0.15, 0.2) is 0 Å². The van der Waals surface area contributed by atoms with Crippen LogP contribution in [0.2, 0.25) is 0 Å². The molecule has 2 saturated heterocycles. The lowest BCUT2D eigenvalue weighted by Gasteiger charge is -2.22. The monoisotopic (exact) mass is 262 g/mol. The molecule has 0 aromatic heterocycles. The first-order chi connectivity index (χ1) is 9.34. The van der Waals surface area contributed by atoms with Gasteiger partial charge in [-0.15, -0.1) is 0 Å². The highest BCUT2D eigenvalue weighted by Crippen LogP contribution is 2.25. The van der Waals surface area contributed by atoms with Gasteiger partial charge in [0.1, 0.15) is 13.4 Å². The topological polar surface area (TPSA) is 49.9 Å². The highest BCUT2D eigenvalue weighted by atomic mass is 16.7. The van der Waals surface area contributed by atoms with Crippen molar-refractivity contribution in [1.29, 1.82) is 0 Å². The van der Waals surface area contributed by atoms with Crippen molar-refractivity contribution in [2.45, 2.75) is 25.5 Å². The molecule has 0 aliphatic carbocycles. The second kappa shape index (κ2) is 6.33. The van der Waals surface area contributed by atoms with Crippen LogP contribution in [0.1, 0.15) is 18.4 Å². The van der Waals surface area contributed by atoms with E-state index in [1.165, 1.54) is 0 Å². The number of hydroxylamine groups is 2. The van der Waals surface area contributed by atoms with Gasteiger partial charge >= 0.3 is 6.03 Å². The maximum Gasteiger partial charge on any atom is 0.344 e. The third kappa shape index (κ3) is 2.93. The average Bonchev–Trinajstić information content (AvgIpc) is 2.70. The smallest absolute Gasteiger partial charge is 0.321 e. The van der Waals surface area contributed by atoms with Crippen LogP contribution < -0.4 is 0 Å². The van der Waals surface area contributed by atoms with Gasteiger partial charge in [0.25, 0.3) is 0 Å². The van der Waals surface area contributed by atoms with Crippen molar-refractivity contribution in [1.82, 2.24) is 9.96 Å². The highest BCUT2D eigenvalue weighted by Gasteiger charge is 2.40. The predicted molar refractivity (Wildman–Crippen MR) is 70.2 cm³/mol. The van der Waals surface area contributed by atoms with Crippen LogP contribution in [0, 0.1) is 0 Å². The number of hydrogen-bond donors (Lipinski definition) is 0. The molecule has 0 radical (unpaired) electrons. The van der Waals surface area contributed by atoms with Crippen molar-refractivity contribution in [3.05, 3.63) is 35.9 Å². The van der Waals surface area contributed by atoms with Gasteiger partial charge in [-0.05, 0) is 18.4 Å². The zero-order valence-electron chi connectivity index (χ0n) is 10.8. The quantitative estimate of drug-likeness (QED) is 0.835. The van der Waals surface area contributed by atoms with Crippen LogP contribution in [0.15, 0.2) is 30.3 Å². The first kappa shape index (κ1) is 13.5. The van der Waals surface area contributed by atoms with Gasteiger partial charge in [0, 0.05) is 13.1 Å². The van der Waals surface area contributed by atoms with Crippen molar-refractivity contribution in [2.75, 3.05) is 13.1 Å². The van der Waals surface area contributed by atoms with Gasteiger partial charge in [-0.25, -0.2) is 4.79 Å². The lowest BCUT2D eigenvalue weighted by Crippen LogP contribution is -2.33. The molecule has 2 bridgehead atoms. The number of piperidine rings is 1. The van der Waals surface area contributed by atoms with Crippen LogP contribution >= 0.6 is 0 Å². The highest BCUT2D eigenvalue weighted by molar-refractivity contribution is 5.76. The average molecular weight is 262 g/mol. The first-order valence-electron chi connectivity index (χ1n) is 6.38. The number of rotatable bonds is 3. The van der Waals surface area contributed by atoms with Gasteiger partial charge in [-0.1, -0.05) is 30.3 Å². The molecule has 2 aliphatic rings. The number of benzene rings is 1. The van der Waals surface area contributed by atoms with Crippen LogP contribution in [-0.4, -0.2) is 41.9 Å². The fourth-order valence-corrected chi connectivity index (χ4v) is 2.49. The van der Waals surface area contributed by atoms with E-state index in [1.54, 1.807) is 5.06 Å². The molecule has 0 spiro atoms. The molecule has 5 heteroatoms. The Labute approximate surface area is 112 Å². The molecule has 1 aromatic rings. The number of carbonyl (C=O) groups is 2. The van der Waals surface area contributed by atoms with Gasteiger partial charge in [0.05, 0.1) is 6.04 Å². The lowest BCUT2D eigenvalue weighted by atomic mass is 10.1. The molecule has 5 nitrogen and oxygen atoms in total. The lowest BCUT2D eigenvalue weighted by molar-refractivity contribution is -0.140. The van der Waals surface area contributed by atoms with E-state index in [2.05, 4.69) is 0 Å². The van der Waals surface area contributed by atoms with E-state index in [0.29, 0.717) is 6.61 Å². The maximum absolute atomic E-state index is 11.9. The molecular formula is C14H18N2O3. The fraction of sp³-hybridized carbons (Fsp3) is 0.429. The van der Waals surface area contributed by atoms with Gasteiger partial charge in [-0.2, -0.15) is 5.06 Å². The summed E-state index contributed by atoms with van der Waals surface area (Å²) in [4.78, 5) is 27.5. The number of urea groups is 1. The summed E-state index contributed by atoms with van der Waals surface area (Å²) in [7, 11) is 0. The SMILES string of the molecule is C=O.O=C1N2CCCC(C2)N1OCc1ccccc1. The molecule has 2 amide bonds. The zero-order chi connectivity index (χ0) is 13.7. The van der Waals surface area contributed by atoms with Crippen LogP contribution in [0.25, 0.3) is 0 Å². The summed E-state index contributed by atoms with van der Waals surface area (Å²) in [6, 6.07) is 10.2. The molecule has 0 N–H and O–H groups in total. The van der Waals surface area contributed by atoms with E-state index in [1.807, 2.05) is 42.0 Å². The predicted octanol–water partition coefficient (Wildman–Crippen LogP) is 1.83. The Morgan fingerprint density at radius 3 is 2.68 bits per heavy atom. The number of amides is 2. The molecule has 2 heterocycles. The molecule has 1 aromatic carbocycles. The van der Waals surface area contributed by atoms with Crippen molar-refractivity contribution in [2.24, 2.45) is 0 Å². The Balaban J connectivity index is 0.000000637. The summed E-state index contributed by atoms with van der Waals surface area (Å²) in [5, 5.41) is 1.57. The zero-order valence-corrected chi connectivity index (χ0v) is 10.8. The number of carbonyl (C=O) groups excluding carboxylic acids is 2. The van der Waals surface area contributed by atoms with Gasteiger partial charge in [-0.3, -0.25) is 4.84 Å². The minimum Gasteiger partial charge on any atom is -0.321 e. The fourth-order valence-electron chi connectivity index (χ4n) is 2.49. The summed E-state index contributed by atoms with van der Waals surface area (Å²) in [5.41, 5.74) is 1.09. The van der Waals surface area contributed by atoms with Crippen molar-refractivity contribution < 1.29 is 14.4 Å². The molecule has 2 fully saturated rings. The van der Waals surface area contributed by atoms with E-state index in [0.717, 1.165) is 31.5 Å². The normalized spacial score (nSPS) is 21.1. The number of nitrogens with zero attached hydrogens (tertiary/aromatic N) is 2. The molecule has 1 atom stereocenters. The molecule has 2 aliphatic heterocycles. The van der Waals surface area contributed by atoms with Crippen LogP contribution in [0.4, 0.5) is 4.79 Å². The van der Waals surface area contributed by atoms with Crippen molar-refractivity contribution >= 4 is 12.8 Å². The molecule has 102 valence electrons. The maximum atomic E-state index is 11.9. The van der Waals surface area contributed by atoms with E-state index in [-0.39, 0.29) is 12.1 Å². The van der Waals surface area contributed by atoms with E-state index in [9.17, 15) is 4.79 Å². The third-order valence-corrected chi connectivity index (χ3v) is 3.40. The number of fused-ring (bicyclic) bond motifs is 2. The summed E-state index contributed by atoms with van der Waals surface area (Å²) in [5.74, 6) is 0. The minimum atomic E-state index is 0.0310. The summed E-state index contributed by atoms with van der Waals surface area (Å²) < 4.78 is 0. The molecule has 1 unspecified atom stereocenters. The van der Waals surface area contributed by atoms with Crippen molar-refractivity contribution in [3.63, 3.8) is 0 Å². The van der Waals surface area contributed by atoms with Crippen molar-refractivity contribution in [3.8, 4) is 0 Å². The van der Waals surface area contributed by atoms with E-state index in [4.69, 9.17) is 9.63 Å². The summed E-state index contributed by atoms with van der Waals surface area (Å²) in [6.07, 6.45) is 2.14. The van der Waals surface area contributed by atoms with Crippen LogP contribution in [0.3, 0.4) is 0 Å². The third-order valence-electron chi connectivity index (χ3n) is 3.40. The van der Waals surface area contributed by atoms with Crippen LogP contribution in [0.5, 0.6) is 0 Å². The molecule has 0 saturated carbocycles. The second-order valence-corrected chi connectivity index (χ2v) is 4.61. The van der Waals surface area contributed by atoms with Gasteiger partial charge < -0.3 is 9.69 Å². The summed E-state index contributed by atoms with van der Waals surface area (Å²) >= 11 is 0. The van der Waals surface area contributed by atoms with E-state index >= 15 is 0 Å². The Bertz CT molecular complexity index is 424. The largest absolute Gasteiger partial charge is 0.344 e. The van der Waals surface area contributed by atoms with Crippen LogP contribution in [-0.2, 0) is 16.2 Å². The second-order valence-electron chi connectivity index (χ2n) is 4.61. The standard InChI is InChI=1S/C13H16N2O2.CH2O/c16-13-14-8-4-7-12(9-14)15(13)17-10-11-5-2-1-3-6-11;1-2/h1-3,5-6,12H,4,7-10H2;1H2. The Kier molecular flexibility index (Phi) is 4.52. The molecule has 19 heavy (non-hydrogen) atoms. The molecular weight excluding hydrogens is 244 g/mol. The minimum absolute atomic E-state index is 0.0310. The first-order valence-corrected chi connectivity index (χ1v) is 6.38. The Morgan fingerprint density at radius 1 is 1.26 bits per heavy atom.